The van der Waals surface area contributed by atoms with Gasteiger partial charge in [0.25, 0.3) is 0 Å². The van der Waals surface area contributed by atoms with Gasteiger partial charge in [0.05, 0.1) is 13.2 Å². The van der Waals surface area contributed by atoms with Crippen LogP contribution >= 0.6 is 11.6 Å². The molecular weight excluding hydrogens is 328 g/mol. The normalized spacial score (nSPS) is 23.4. The van der Waals surface area contributed by atoms with Gasteiger partial charge in [-0.1, -0.05) is 11.6 Å². The molecule has 1 aromatic heterocycles. The molecule has 2 aliphatic carbocycles. The van der Waals surface area contributed by atoms with Crippen LogP contribution in [-0.2, 0) is 4.74 Å². The molecular formula is C17H21ClN4O2. The summed E-state index contributed by atoms with van der Waals surface area (Å²) in [4.78, 5) is 23.0. The van der Waals surface area contributed by atoms with Crippen molar-refractivity contribution in [2.24, 2.45) is 5.92 Å². The molecule has 1 heterocycles. The van der Waals surface area contributed by atoms with E-state index in [1.807, 2.05) is 11.9 Å². The van der Waals surface area contributed by atoms with Crippen molar-refractivity contribution in [1.29, 1.82) is 5.26 Å². The van der Waals surface area contributed by atoms with Crippen LogP contribution in [0.4, 0.5) is 5.82 Å². The summed E-state index contributed by atoms with van der Waals surface area (Å²) < 4.78 is 4.81. The van der Waals surface area contributed by atoms with E-state index in [9.17, 15) is 4.79 Å². The number of hydrogen-bond acceptors (Lipinski definition) is 6. The summed E-state index contributed by atoms with van der Waals surface area (Å²) in [5, 5.41) is 9.30. The maximum atomic E-state index is 12.0. The molecule has 0 aromatic carbocycles. The first-order valence-electron chi connectivity index (χ1n) is 8.33. The van der Waals surface area contributed by atoms with Crippen molar-refractivity contribution >= 4 is 23.4 Å². The molecule has 2 saturated carbocycles. The number of nitrogens with zero attached hydrogens (tertiary/aromatic N) is 4. The van der Waals surface area contributed by atoms with Crippen molar-refractivity contribution in [2.45, 2.75) is 50.5 Å². The SMILES string of the molecule is COC(=O)c1nc(C2CC2)nc(N(C)C2CCC(C#N)CC2)c1Cl. The van der Waals surface area contributed by atoms with Crippen molar-refractivity contribution in [3.63, 3.8) is 0 Å². The lowest BCUT2D eigenvalue weighted by atomic mass is 9.86. The predicted octanol–water partition coefficient (Wildman–Crippen LogP) is 3.31. The van der Waals surface area contributed by atoms with E-state index < -0.39 is 5.97 Å². The van der Waals surface area contributed by atoms with Crippen LogP contribution < -0.4 is 4.90 Å². The third kappa shape index (κ3) is 3.32. The van der Waals surface area contributed by atoms with Crippen LogP contribution in [0.15, 0.2) is 0 Å². The maximum Gasteiger partial charge on any atom is 0.358 e. The zero-order valence-electron chi connectivity index (χ0n) is 14.0. The molecule has 0 amide bonds. The van der Waals surface area contributed by atoms with E-state index in [1.165, 1.54) is 7.11 Å². The molecule has 0 spiro atoms. The Hall–Kier alpha value is -1.87. The van der Waals surface area contributed by atoms with Crippen molar-refractivity contribution in [3.05, 3.63) is 16.5 Å². The Bertz CT molecular complexity index is 676. The molecule has 3 rings (SSSR count). The molecule has 0 radical (unpaired) electrons. The molecule has 0 atom stereocenters. The standard InChI is InChI=1S/C17H21ClN4O2/c1-22(12-7-3-10(9-19)4-8-12)16-13(18)14(17(23)24-2)20-15(21-16)11-5-6-11/h10-12H,3-8H2,1-2H3. The fourth-order valence-corrected chi connectivity index (χ4v) is 3.50. The number of hydrogen-bond donors (Lipinski definition) is 0. The van der Waals surface area contributed by atoms with Gasteiger partial charge in [0.2, 0.25) is 0 Å². The number of halogens is 1. The van der Waals surface area contributed by atoms with Gasteiger partial charge >= 0.3 is 5.97 Å². The highest BCUT2D eigenvalue weighted by Gasteiger charge is 2.32. The summed E-state index contributed by atoms with van der Waals surface area (Å²) in [6, 6.07) is 2.61. The Morgan fingerprint density at radius 2 is 1.92 bits per heavy atom. The number of nitriles is 1. The summed E-state index contributed by atoms with van der Waals surface area (Å²) in [6.45, 7) is 0. The van der Waals surface area contributed by atoms with Crippen molar-refractivity contribution in [1.82, 2.24) is 9.97 Å². The predicted molar refractivity (Wildman–Crippen MR) is 90.1 cm³/mol. The summed E-state index contributed by atoms with van der Waals surface area (Å²) in [5.41, 5.74) is 0.142. The van der Waals surface area contributed by atoms with Crippen molar-refractivity contribution in [3.8, 4) is 6.07 Å². The van der Waals surface area contributed by atoms with Crippen LogP contribution in [0.5, 0.6) is 0 Å². The fraction of sp³-hybridized carbons (Fsp3) is 0.647. The fourth-order valence-electron chi connectivity index (χ4n) is 3.21. The molecule has 0 saturated heterocycles. The van der Waals surface area contributed by atoms with E-state index >= 15 is 0 Å². The zero-order valence-corrected chi connectivity index (χ0v) is 14.7. The Morgan fingerprint density at radius 3 is 2.46 bits per heavy atom. The lowest BCUT2D eigenvalue weighted by molar-refractivity contribution is 0.0593. The second-order valence-corrected chi connectivity index (χ2v) is 6.96. The second-order valence-electron chi connectivity index (χ2n) is 6.58. The highest BCUT2D eigenvalue weighted by molar-refractivity contribution is 6.35. The van der Waals surface area contributed by atoms with Crippen LogP contribution in [0.2, 0.25) is 5.02 Å². The summed E-state index contributed by atoms with van der Waals surface area (Å²) >= 11 is 6.43. The molecule has 128 valence electrons. The van der Waals surface area contributed by atoms with Crippen LogP contribution in [0, 0.1) is 17.2 Å². The number of rotatable bonds is 4. The van der Waals surface area contributed by atoms with Crippen molar-refractivity contribution < 1.29 is 9.53 Å². The van der Waals surface area contributed by atoms with E-state index in [1.54, 1.807) is 0 Å². The Balaban J connectivity index is 1.90. The van der Waals surface area contributed by atoms with Gasteiger partial charge in [-0.05, 0) is 38.5 Å². The molecule has 2 fully saturated rings. The summed E-state index contributed by atoms with van der Waals surface area (Å²) in [7, 11) is 3.27. The molecule has 0 aliphatic heterocycles. The highest BCUT2D eigenvalue weighted by Crippen LogP contribution is 2.41. The van der Waals surface area contributed by atoms with Crippen LogP contribution in [0.3, 0.4) is 0 Å². The topological polar surface area (TPSA) is 79.1 Å². The van der Waals surface area contributed by atoms with E-state index in [0.29, 0.717) is 17.6 Å². The zero-order chi connectivity index (χ0) is 17.3. The van der Waals surface area contributed by atoms with E-state index in [2.05, 4.69) is 16.0 Å². The minimum Gasteiger partial charge on any atom is -0.464 e. The van der Waals surface area contributed by atoms with Gasteiger partial charge in [-0.2, -0.15) is 5.26 Å². The molecule has 2 aliphatic rings. The lowest BCUT2D eigenvalue weighted by Gasteiger charge is -2.34. The van der Waals surface area contributed by atoms with Gasteiger partial charge in [0, 0.05) is 24.9 Å². The van der Waals surface area contributed by atoms with E-state index in [4.69, 9.17) is 21.6 Å². The van der Waals surface area contributed by atoms with Gasteiger partial charge in [-0.15, -0.1) is 0 Å². The third-order valence-electron chi connectivity index (χ3n) is 4.93. The van der Waals surface area contributed by atoms with Gasteiger partial charge < -0.3 is 9.64 Å². The molecule has 1 aromatic rings. The van der Waals surface area contributed by atoms with E-state index in [-0.39, 0.29) is 22.7 Å². The first-order chi connectivity index (χ1) is 11.5. The van der Waals surface area contributed by atoms with Crippen LogP contribution in [-0.4, -0.2) is 36.1 Å². The van der Waals surface area contributed by atoms with E-state index in [0.717, 1.165) is 38.5 Å². The summed E-state index contributed by atoms with van der Waals surface area (Å²) in [5.74, 6) is 1.18. The number of carbonyl (C=O) groups excluding carboxylic acids is 1. The molecule has 0 unspecified atom stereocenters. The maximum absolute atomic E-state index is 12.0. The van der Waals surface area contributed by atoms with Gasteiger partial charge in [0.15, 0.2) is 11.5 Å². The minimum absolute atomic E-state index is 0.142. The highest BCUT2D eigenvalue weighted by atomic mass is 35.5. The van der Waals surface area contributed by atoms with Gasteiger partial charge in [-0.3, -0.25) is 0 Å². The molecule has 24 heavy (non-hydrogen) atoms. The first kappa shape index (κ1) is 17.0. The number of aromatic nitrogens is 2. The Labute approximate surface area is 146 Å². The Kier molecular flexibility index (Phi) is 4.91. The smallest absolute Gasteiger partial charge is 0.358 e. The number of esters is 1. The van der Waals surface area contributed by atoms with Crippen LogP contribution in [0.1, 0.15) is 60.8 Å². The average molecular weight is 349 g/mol. The number of methoxy groups -OCH3 is 1. The minimum atomic E-state index is -0.535. The molecule has 0 N–H and O–H groups in total. The molecule has 0 bridgehead atoms. The lowest BCUT2D eigenvalue weighted by Crippen LogP contribution is -2.36. The van der Waals surface area contributed by atoms with Crippen molar-refractivity contribution in [2.75, 3.05) is 19.1 Å². The quantitative estimate of drug-likeness (QED) is 0.776. The average Bonchev–Trinajstić information content (AvgIpc) is 3.46. The van der Waals surface area contributed by atoms with Crippen LogP contribution in [0.25, 0.3) is 0 Å². The Morgan fingerprint density at radius 1 is 1.25 bits per heavy atom. The number of anilines is 1. The largest absolute Gasteiger partial charge is 0.464 e. The first-order valence-corrected chi connectivity index (χ1v) is 8.71. The molecule has 7 heteroatoms. The second kappa shape index (κ2) is 6.94. The summed E-state index contributed by atoms with van der Waals surface area (Å²) in [6.07, 6.45) is 5.68. The number of carbonyl (C=O) groups is 1. The third-order valence-corrected chi connectivity index (χ3v) is 5.28. The number of ether oxygens (including phenoxy) is 1. The molecule has 6 nitrogen and oxygen atoms in total. The van der Waals surface area contributed by atoms with Gasteiger partial charge in [-0.25, -0.2) is 14.8 Å². The van der Waals surface area contributed by atoms with Gasteiger partial charge in [0.1, 0.15) is 10.8 Å². The monoisotopic (exact) mass is 348 g/mol.